The predicted molar refractivity (Wildman–Crippen MR) is 22.6 cm³/mol. The van der Waals surface area contributed by atoms with Gasteiger partial charge in [-0.05, 0) is 0 Å². The van der Waals surface area contributed by atoms with E-state index in [0.29, 0.717) is 6.04 Å². The van der Waals surface area contributed by atoms with Crippen LogP contribution in [-0.2, 0) is 23.3 Å². The molecule has 0 saturated heterocycles. The molecule has 0 saturated carbocycles. The summed E-state index contributed by atoms with van der Waals surface area (Å²) in [5.41, 5.74) is 0. The van der Waals surface area contributed by atoms with Gasteiger partial charge in [0.1, 0.15) is 0 Å². The molecule has 0 aromatic carbocycles. The summed E-state index contributed by atoms with van der Waals surface area (Å²) >= 11 is 1.27. The molecule has 0 unspecified atom stereocenters. The molecule has 8 heavy (non-hydrogen) atoms. The molecule has 0 aromatic heterocycles. The molecule has 5 heteroatoms. The molecule has 0 bridgehead atoms. The topological polar surface area (TPSA) is 0 Å². The summed E-state index contributed by atoms with van der Waals surface area (Å²) < 4.78 is 33.8. The first kappa shape index (κ1) is 8.89. The first-order valence-electron chi connectivity index (χ1n) is 2.12. The van der Waals surface area contributed by atoms with E-state index in [-0.39, 0.29) is 6.16 Å². The summed E-state index contributed by atoms with van der Waals surface area (Å²) in [5, 5.41) is 0. The van der Waals surface area contributed by atoms with E-state index < -0.39 is 12.6 Å². The molecule has 0 spiro atoms. The van der Waals surface area contributed by atoms with Gasteiger partial charge in [-0.25, -0.2) is 0 Å². The van der Waals surface area contributed by atoms with Gasteiger partial charge in [0.2, 0.25) is 0 Å². The van der Waals surface area contributed by atoms with Crippen LogP contribution in [0.5, 0.6) is 0 Å². The zero-order chi connectivity index (χ0) is 6.62. The molecule has 44 valence electrons. The van der Waals surface area contributed by atoms with Gasteiger partial charge >= 0.3 is 61.3 Å². The van der Waals surface area contributed by atoms with Gasteiger partial charge in [-0.2, -0.15) is 0 Å². The van der Waals surface area contributed by atoms with Gasteiger partial charge in [0.15, 0.2) is 0 Å². The van der Waals surface area contributed by atoms with Crippen molar-refractivity contribution in [2.45, 2.75) is 18.6 Å². The van der Waals surface area contributed by atoms with Crippen LogP contribution in [0.15, 0.2) is 0 Å². The standard InChI is InChI=1S/C3H5F3Si.Zr/c4-3(5,6)1-2-7;/h7H,1-2H2;/q;+2. The van der Waals surface area contributed by atoms with Gasteiger partial charge in [-0.15, -0.1) is 0 Å². The molecular formula is C3H5F3SiZr+2. The van der Waals surface area contributed by atoms with Crippen LogP contribution in [0.25, 0.3) is 0 Å². The monoisotopic (exact) mass is 216 g/mol. The number of rotatable bonds is 2. The molecule has 0 radical (unpaired) electrons. The SMILES string of the molecule is FC(F)(F)CC[SiH]=[Zr+2]. The Kier molecular flexibility index (Phi) is 4.26. The van der Waals surface area contributed by atoms with Crippen LogP contribution in [0, 0.1) is 0 Å². The molecule has 0 nitrogen and oxygen atoms in total. The van der Waals surface area contributed by atoms with Crippen molar-refractivity contribution in [2.24, 2.45) is 0 Å². The Labute approximate surface area is 61.4 Å². The van der Waals surface area contributed by atoms with Gasteiger partial charge in [0.25, 0.3) is 0 Å². The number of hydrogen-bond acceptors (Lipinski definition) is 0. The second-order valence-corrected chi connectivity index (χ2v) is 5.35. The van der Waals surface area contributed by atoms with Gasteiger partial charge in [0, 0.05) is 0 Å². The molecule has 0 aliphatic rings. The Balaban J connectivity index is 3.24. The zero-order valence-electron chi connectivity index (χ0n) is 4.13. The van der Waals surface area contributed by atoms with Gasteiger partial charge in [0.05, 0.1) is 0 Å². The van der Waals surface area contributed by atoms with E-state index in [2.05, 4.69) is 0 Å². The second-order valence-electron chi connectivity index (χ2n) is 1.36. The Morgan fingerprint density at radius 3 is 2.00 bits per heavy atom. The van der Waals surface area contributed by atoms with Crippen molar-refractivity contribution in [2.75, 3.05) is 0 Å². The molecule has 0 rings (SSSR count). The van der Waals surface area contributed by atoms with E-state index in [9.17, 15) is 13.2 Å². The maximum atomic E-state index is 11.3. The summed E-state index contributed by atoms with van der Waals surface area (Å²) in [6, 6.07) is 0.377. The summed E-state index contributed by atoms with van der Waals surface area (Å²) in [7, 11) is 0. The molecule has 0 N–H and O–H groups in total. The van der Waals surface area contributed by atoms with E-state index in [4.69, 9.17) is 0 Å². The van der Waals surface area contributed by atoms with Crippen molar-refractivity contribution in [1.29, 1.82) is 0 Å². The van der Waals surface area contributed by atoms with Crippen molar-refractivity contribution in [3.05, 3.63) is 0 Å². The van der Waals surface area contributed by atoms with E-state index in [0.717, 1.165) is 0 Å². The molecule has 0 atom stereocenters. The van der Waals surface area contributed by atoms with E-state index >= 15 is 0 Å². The average Bonchev–Trinajstić information content (AvgIpc) is 1.59. The average molecular weight is 217 g/mol. The summed E-state index contributed by atoms with van der Waals surface area (Å²) in [6.45, 7) is 0. The molecule has 0 aromatic rings. The van der Waals surface area contributed by atoms with Crippen LogP contribution < -0.4 is 0 Å². The van der Waals surface area contributed by atoms with Crippen LogP contribution in [-0.4, -0.2) is 12.3 Å². The third kappa shape index (κ3) is 6.89. The van der Waals surface area contributed by atoms with E-state index in [1.54, 1.807) is 0 Å². The molecular weight excluding hydrogens is 212 g/mol. The fourth-order valence-corrected chi connectivity index (χ4v) is 1.77. The Hall–Kier alpha value is 0.890. The Morgan fingerprint density at radius 2 is 1.88 bits per heavy atom. The zero-order valence-corrected chi connectivity index (χ0v) is 7.74. The fourth-order valence-electron chi connectivity index (χ4n) is 0.236. The molecule has 0 aliphatic carbocycles. The van der Waals surface area contributed by atoms with Crippen molar-refractivity contribution in [3.8, 4) is 0 Å². The summed E-state index contributed by atoms with van der Waals surface area (Å²) in [5.74, 6) is 0. The van der Waals surface area contributed by atoms with Gasteiger partial charge in [-0.3, -0.25) is 0 Å². The second kappa shape index (κ2) is 3.83. The number of halogens is 3. The van der Waals surface area contributed by atoms with Crippen molar-refractivity contribution in [1.82, 2.24) is 0 Å². The minimum atomic E-state index is -3.91. The first-order valence-corrected chi connectivity index (χ1v) is 7.77. The maximum absolute atomic E-state index is 11.3. The third-order valence-electron chi connectivity index (χ3n) is 0.572. The van der Waals surface area contributed by atoms with Crippen LogP contribution in [0.2, 0.25) is 6.04 Å². The molecule has 0 heterocycles. The number of hydrogen-bond donors (Lipinski definition) is 0. The van der Waals surface area contributed by atoms with Crippen molar-refractivity contribution >= 4 is 6.16 Å². The van der Waals surface area contributed by atoms with Crippen LogP contribution in [0.4, 0.5) is 13.2 Å². The summed E-state index contributed by atoms with van der Waals surface area (Å²) in [6.07, 6.45) is -4.39. The fraction of sp³-hybridized carbons (Fsp3) is 1.00. The Bertz CT molecular complexity index is 79.1. The molecule has 0 aliphatic heterocycles. The quantitative estimate of drug-likeness (QED) is 0.611. The molecule has 0 amide bonds. The van der Waals surface area contributed by atoms with Crippen molar-refractivity contribution in [3.63, 3.8) is 0 Å². The van der Waals surface area contributed by atoms with E-state index in [1.807, 2.05) is 0 Å². The third-order valence-corrected chi connectivity index (χ3v) is 3.28. The van der Waals surface area contributed by atoms with Crippen LogP contribution in [0.1, 0.15) is 6.42 Å². The van der Waals surface area contributed by atoms with Gasteiger partial charge < -0.3 is 0 Å². The molecule has 0 fully saturated rings. The van der Waals surface area contributed by atoms with Crippen LogP contribution >= 0.6 is 0 Å². The van der Waals surface area contributed by atoms with Crippen molar-refractivity contribution < 1.29 is 36.5 Å². The number of alkyl halides is 3. The predicted octanol–water partition coefficient (Wildman–Crippen LogP) is 1.26. The first-order chi connectivity index (χ1) is 3.56. The summed E-state index contributed by atoms with van der Waals surface area (Å²) in [4.78, 5) is 0. The van der Waals surface area contributed by atoms with Gasteiger partial charge in [-0.1, -0.05) is 0 Å². The van der Waals surface area contributed by atoms with E-state index in [1.165, 1.54) is 23.3 Å². The minimum absolute atomic E-state index is 0.103. The Morgan fingerprint density at radius 1 is 1.38 bits per heavy atom. The van der Waals surface area contributed by atoms with Crippen LogP contribution in [0.3, 0.4) is 0 Å². The normalized spacial score (nSPS) is 11.6.